The molecule has 0 aromatic heterocycles. The summed E-state index contributed by atoms with van der Waals surface area (Å²) < 4.78 is 34.0. The Morgan fingerprint density at radius 1 is 1.18 bits per heavy atom. The number of ether oxygens (including phenoxy) is 2. The standard InChI is InChI=1S/C20H24N2O5S/c1-5-27-19-11-15(6-8-18(19)26-4)7-9-20(23)22-17-12-16(28(21,24)25)10-13(2)14(17)3/h6-12H,5H2,1-4H3,(H,22,23)(H2,21,24,25)/b9-7+. The zero-order valence-electron chi connectivity index (χ0n) is 16.3. The predicted molar refractivity (Wildman–Crippen MR) is 109 cm³/mol. The second-order valence-electron chi connectivity index (χ2n) is 6.12. The van der Waals surface area contributed by atoms with E-state index < -0.39 is 15.9 Å². The summed E-state index contributed by atoms with van der Waals surface area (Å²) >= 11 is 0. The monoisotopic (exact) mass is 404 g/mol. The van der Waals surface area contributed by atoms with Crippen molar-refractivity contribution in [3.8, 4) is 11.5 Å². The van der Waals surface area contributed by atoms with Gasteiger partial charge in [-0.1, -0.05) is 6.07 Å². The van der Waals surface area contributed by atoms with Crippen molar-refractivity contribution < 1.29 is 22.7 Å². The topological polar surface area (TPSA) is 108 Å². The molecule has 0 bridgehead atoms. The predicted octanol–water partition coefficient (Wildman–Crippen LogP) is 3.01. The molecule has 0 aliphatic carbocycles. The van der Waals surface area contributed by atoms with Gasteiger partial charge in [-0.25, -0.2) is 13.6 Å². The summed E-state index contributed by atoms with van der Waals surface area (Å²) in [6.45, 7) is 5.90. The first-order valence-electron chi connectivity index (χ1n) is 8.59. The van der Waals surface area contributed by atoms with E-state index >= 15 is 0 Å². The summed E-state index contributed by atoms with van der Waals surface area (Å²) in [6.07, 6.45) is 2.99. The van der Waals surface area contributed by atoms with Crippen LogP contribution in [0.15, 0.2) is 41.3 Å². The number of hydrogen-bond acceptors (Lipinski definition) is 5. The molecule has 0 saturated heterocycles. The van der Waals surface area contributed by atoms with Gasteiger partial charge in [0.05, 0.1) is 18.6 Å². The number of amides is 1. The molecule has 7 nitrogen and oxygen atoms in total. The number of primary sulfonamides is 1. The van der Waals surface area contributed by atoms with Crippen LogP contribution in [0.25, 0.3) is 6.08 Å². The Kier molecular flexibility index (Phi) is 6.82. The summed E-state index contributed by atoms with van der Waals surface area (Å²) in [6, 6.07) is 8.14. The zero-order chi connectivity index (χ0) is 20.9. The average Bonchev–Trinajstić information content (AvgIpc) is 2.63. The van der Waals surface area contributed by atoms with Crippen LogP contribution in [0.5, 0.6) is 11.5 Å². The molecule has 0 atom stereocenters. The normalized spacial score (nSPS) is 11.5. The van der Waals surface area contributed by atoms with Crippen molar-refractivity contribution in [3.05, 3.63) is 53.1 Å². The lowest BCUT2D eigenvalue weighted by atomic mass is 10.1. The second kappa shape index (κ2) is 8.90. The van der Waals surface area contributed by atoms with Crippen molar-refractivity contribution >= 4 is 27.7 Å². The lowest BCUT2D eigenvalue weighted by molar-refractivity contribution is -0.111. The highest BCUT2D eigenvalue weighted by Gasteiger charge is 2.13. The largest absolute Gasteiger partial charge is 0.493 e. The third-order valence-electron chi connectivity index (χ3n) is 4.14. The fourth-order valence-electron chi connectivity index (χ4n) is 2.53. The number of hydrogen-bond donors (Lipinski definition) is 2. The first-order chi connectivity index (χ1) is 13.2. The highest BCUT2D eigenvalue weighted by atomic mass is 32.2. The maximum absolute atomic E-state index is 12.3. The number of aryl methyl sites for hydroxylation is 1. The number of rotatable bonds is 7. The molecule has 2 aromatic rings. The quantitative estimate of drug-likeness (QED) is 0.690. The Balaban J connectivity index is 2.23. The number of carbonyl (C=O) groups is 1. The van der Waals surface area contributed by atoms with Crippen molar-refractivity contribution in [3.63, 3.8) is 0 Å². The maximum atomic E-state index is 12.3. The summed E-state index contributed by atoms with van der Waals surface area (Å²) in [5.41, 5.74) is 2.62. The fourth-order valence-corrected chi connectivity index (χ4v) is 3.16. The molecule has 0 saturated carbocycles. The number of sulfonamides is 1. The van der Waals surface area contributed by atoms with Crippen LogP contribution in [-0.2, 0) is 14.8 Å². The molecule has 0 aliphatic rings. The van der Waals surface area contributed by atoms with Crippen LogP contribution < -0.4 is 19.9 Å². The number of carbonyl (C=O) groups excluding carboxylic acids is 1. The van der Waals surface area contributed by atoms with Gasteiger partial charge in [-0.2, -0.15) is 0 Å². The van der Waals surface area contributed by atoms with E-state index in [0.29, 0.717) is 29.4 Å². The Morgan fingerprint density at radius 2 is 1.89 bits per heavy atom. The SMILES string of the molecule is CCOc1cc(/C=C/C(=O)Nc2cc(S(N)(=O)=O)cc(C)c2C)ccc1OC. The van der Waals surface area contributed by atoms with Gasteiger partial charge < -0.3 is 14.8 Å². The van der Waals surface area contributed by atoms with Crippen LogP contribution in [0.2, 0.25) is 0 Å². The highest BCUT2D eigenvalue weighted by molar-refractivity contribution is 7.89. The van der Waals surface area contributed by atoms with Crippen LogP contribution >= 0.6 is 0 Å². The van der Waals surface area contributed by atoms with Gasteiger partial charge in [-0.15, -0.1) is 0 Å². The Morgan fingerprint density at radius 3 is 2.50 bits per heavy atom. The van der Waals surface area contributed by atoms with Crippen molar-refractivity contribution in [2.45, 2.75) is 25.7 Å². The Bertz CT molecular complexity index is 1010. The number of nitrogens with one attached hydrogen (secondary N) is 1. The molecule has 0 fully saturated rings. The number of benzene rings is 2. The third-order valence-corrected chi connectivity index (χ3v) is 5.03. The van der Waals surface area contributed by atoms with Crippen LogP contribution in [-0.4, -0.2) is 28.0 Å². The molecular formula is C20H24N2O5S. The van der Waals surface area contributed by atoms with Gasteiger partial charge in [0.2, 0.25) is 15.9 Å². The molecule has 0 radical (unpaired) electrons. The van der Waals surface area contributed by atoms with E-state index in [1.54, 1.807) is 45.2 Å². The summed E-state index contributed by atoms with van der Waals surface area (Å²) in [5.74, 6) is 0.789. The van der Waals surface area contributed by atoms with Gasteiger partial charge in [-0.05, 0) is 67.8 Å². The smallest absolute Gasteiger partial charge is 0.248 e. The summed E-state index contributed by atoms with van der Waals surface area (Å²) in [4.78, 5) is 12.3. The summed E-state index contributed by atoms with van der Waals surface area (Å²) in [5, 5.41) is 7.89. The zero-order valence-corrected chi connectivity index (χ0v) is 17.1. The van der Waals surface area contributed by atoms with E-state index in [1.807, 2.05) is 6.92 Å². The van der Waals surface area contributed by atoms with E-state index in [2.05, 4.69) is 5.32 Å². The van der Waals surface area contributed by atoms with Crippen LogP contribution in [0.4, 0.5) is 5.69 Å². The lowest BCUT2D eigenvalue weighted by Crippen LogP contribution is -2.15. The van der Waals surface area contributed by atoms with Crippen molar-refractivity contribution in [2.24, 2.45) is 5.14 Å². The minimum atomic E-state index is -3.87. The number of methoxy groups -OCH3 is 1. The molecule has 3 N–H and O–H groups in total. The molecule has 0 heterocycles. The molecule has 2 aromatic carbocycles. The first-order valence-corrected chi connectivity index (χ1v) is 10.1. The van der Waals surface area contributed by atoms with Gasteiger partial charge >= 0.3 is 0 Å². The number of anilines is 1. The first kappa shape index (κ1) is 21.5. The fraction of sp³-hybridized carbons (Fsp3) is 0.250. The van der Waals surface area contributed by atoms with Crippen molar-refractivity contribution in [2.75, 3.05) is 19.0 Å². The molecule has 0 unspecified atom stereocenters. The van der Waals surface area contributed by atoms with Gasteiger partial charge in [0.15, 0.2) is 11.5 Å². The average molecular weight is 404 g/mol. The van der Waals surface area contributed by atoms with E-state index in [1.165, 1.54) is 18.2 Å². The Labute approximate surface area is 165 Å². The number of nitrogens with two attached hydrogens (primary N) is 1. The molecule has 150 valence electrons. The third kappa shape index (κ3) is 5.34. The van der Waals surface area contributed by atoms with Crippen molar-refractivity contribution in [1.29, 1.82) is 0 Å². The maximum Gasteiger partial charge on any atom is 0.248 e. The van der Waals surface area contributed by atoms with E-state index in [0.717, 1.165) is 11.1 Å². The molecule has 1 amide bonds. The minimum absolute atomic E-state index is 0.0496. The summed E-state index contributed by atoms with van der Waals surface area (Å²) in [7, 11) is -2.31. The van der Waals surface area contributed by atoms with Gasteiger partial charge in [-0.3, -0.25) is 4.79 Å². The van der Waals surface area contributed by atoms with Gasteiger partial charge in [0, 0.05) is 11.8 Å². The van der Waals surface area contributed by atoms with Crippen LogP contribution in [0, 0.1) is 13.8 Å². The minimum Gasteiger partial charge on any atom is -0.493 e. The van der Waals surface area contributed by atoms with Crippen molar-refractivity contribution in [1.82, 2.24) is 0 Å². The van der Waals surface area contributed by atoms with E-state index in [4.69, 9.17) is 14.6 Å². The van der Waals surface area contributed by atoms with Gasteiger partial charge in [0.25, 0.3) is 0 Å². The van der Waals surface area contributed by atoms with Gasteiger partial charge in [0.1, 0.15) is 0 Å². The molecule has 0 aliphatic heterocycles. The Hall–Kier alpha value is -2.84. The molecule has 2 rings (SSSR count). The molecule has 8 heteroatoms. The lowest BCUT2D eigenvalue weighted by Gasteiger charge is -2.12. The van der Waals surface area contributed by atoms with E-state index in [-0.39, 0.29) is 4.90 Å². The highest BCUT2D eigenvalue weighted by Crippen LogP contribution is 2.28. The van der Waals surface area contributed by atoms with Crippen LogP contribution in [0.3, 0.4) is 0 Å². The molecular weight excluding hydrogens is 380 g/mol. The van der Waals surface area contributed by atoms with E-state index in [9.17, 15) is 13.2 Å². The molecule has 28 heavy (non-hydrogen) atoms. The second-order valence-corrected chi connectivity index (χ2v) is 7.69. The molecule has 0 spiro atoms. The van der Waals surface area contributed by atoms with Crippen LogP contribution in [0.1, 0.15) is 23.6 Å².